The molecule has 0 fully saturated rings. The van der Waals surface area contributed by atoms with E-state index in [1.54, 1.807) is 0 Å². The van der Waals surface area contributed by atoms with Crippen molar-refractivity contribution in [3.63, 3.8) is 0 Å². The Balaban J connectivity index is 2.53. The lowest BCUT2D eigenvalue weighted by atomic mass is 10.1. The van der Waals surface area contributed by atoms with Gasteiger partial charge in [-0.05, 0) is 24.5 Å². The summed E-state index contributed by atoms with van der Waals surface area (Å²) in [6.45, 7) is 3.51. The van der Waals surface area contributed by atoms with Gasteiger partial charge in [0.25, 0.3) is 0 Å². The van der Waals surface area contributed by atoms with Gasteiger partial charge in [0.05, 0.1) is 6.42 Å². The third kappa shape index (κ3) is 4.26. The second-order valence-electron chi connectivity index (χ2n) is 3.97. The van der Waals surface area contributed by atoms with Crippen molar-refractivity contribution in [3.05, 3.63) is 35.4 Å². The van der Waals surface area contributed by atoms with Crippen molar-refractivity contribution in [2.75, 3.05) is 0 Å². The van der Waals surface area contributed by atoms with Gasteiger partial charge in [0.2, 0.25) is 5.91 Å². The standard InChI is InChI=1S/C13H17NO3/c1-3-10-4-6-11(7-5-10)8-12(15)14-9(2)13(16)17/h4-7,9H,3,8H2,1-2H3,(H,14,15)(H,16,17)/t9-/m1/s1. The highest BCUT2D eigenvalue weighted by atomic mass is 16.4. The van der Waals surface area contributed by atoms with E-state index < -0.39 is 12.0 Å². The van der Waals surface area contributed by atoms with Crippen molar-refractivity contribution in [2.45, 2.75) is 32.7 Å². The summed E-state index contributed by atoms with van der Waals surface area (Å²) in [5.41, 5.74) is 2.10. The summed E-state index contributed by atoms with van der Waals surface area (Å²) in [5.74, 6) is -1.30. The molecule has 0 heterocycles. The Morgan fingerprint density at radius 2 is 1.76 bits per heavy atom. The van der Waals surface area contributed by atoms with Crippen molar-refractivity contribution in [1.29, 1.82) is 0 Å². The molecular weight excluding hydrogens is 218 g/mol. The largest absolute Gasteiger partial charge is 0.480 e. The fourth-order valence-electron chi connectivity index (χ4n) is 1.43. The molecule has 2 N–H and O–H groups in total. The maximum Gasteiger partial charge on any atom is 0.325 e. The summed E-state index contributed by atoms with van der Waals surface area (Å²) >= 11 is 0. The first-order valence-electron chi connectivity index (χ1n) is 5.63. The topological polar surface area (TPSA) is 66.4 Å². The molecule has 0 saturated heterocycles. The molecule has 0 spiro atoms. The molecule has 0 aromatic heterocycles. The number of carbonyl (C=O) groups excluding carboxylic acids is 1. The zero-order valence-corrected chi connectivity index (χ0v) is 10.1. The van der Waals surface area contributed by atoms with Gasteiger partial charge >= 0.3 is 5.97 Å². The molecule has 0 aliphatic heterocycles. The van der Waals surface area contributed by atoms with Crippen molar-refractivity contribution in [1.82, 2.24) is 5.32 Å². The predicted molar refractivity (Wildman–Crippen MR) is 64.8 cm³/mol. The van der Waals surface area contributed by atoms with Crippen molar-refractivity contribution in [3.8, 4) is 0 Å². The molecule has 1 atom stereocenters. The van der Waals surface area contributed by atoms with Gasteiger partial charge < -0.3 is 10.4 Å². The number of carbonyl (C=O) groups is 2. The molecule has 0 aliphatic carbocycles. The first kappa shape index (κ1) is 13.2. The van der Waals surface area contributed by atoms with E-state index in [2.05, 4.69) is 12.2 Å². The lowest BCUT2D eigenvalue weighted by Gasteiger charge is -2.09. The molecule has 4 heteroatoms. The number of hydrogen-bond acceptors (Lipinski definition) is 2. The van der Waals surface area contributed by atoms with Crippen LogP contribution in [0.25, 0.3) is 0 Å². The normalized spacial score (nSPS) is 11.9. The lowest BCUT2D eigenvalue weighted by Crippen LogP contribution is -2.39. The maximum absolute atomic E-state index is 11.5. The molecule has 92 valence electrons. The van der Waals surface area contributed by atoms with Crippen molar-refractivity contribution >= 4 is 11.9 Å². The minimum absolute atomic E-state index is 0.210. The van der Waals surface area contributed by atoms with E-state index in [9.17, 15) is 9.59 Å². The third-order valence-electron chi connectivity index (χ3n) is 2.54. The number of amides is 1. The van der Waals surface area contributed by atoms with Crippen LogP contribution in [0.4, 0.5) is 0 Å². The van der Waals surface area contributed by atoms with Gasteiger partial charge in [0.15, 0.2) is 0 Å². The van der Waals surface area contributed by atoms with Crippen molar-refractivity contribution in [2.24, 2.45) is 0 Å². The number of nitrogens with one attached hydrogen (secondary N) is 1. The molecule has 0 aliphatic rings. The number of rotatable bonds is 5. The number of aliphatic carboxylic acids is 1. The first-order chi connectivity index (χ1) is 8.02. The molecule has 0 saturated carbocycles. The van der Waals surface area contributed by atoms with Gasteiger partial charge in [-0.25, -0.2) is 0 Å². The molecule has 0 unspecified atom stereocenters. The molecule has 1 rings (SSSR count). The molecule has 1 aromatic carbocycles. The van der Waals surface area contributed by atoms with E-state index in [4.69, 9.17) is 5.11 Å². The maximum atomic E-state index is 11.5. The summed E-state index contributed by atoms with van der Waals surface area (Å²) in [6, 6.07) is 6.89. The smallest absolute Gasteiger partial charge is 0.325 e. The third-order valence-corrected chi connectivity index (χ3v) is 2.54. The van der Waals surface area contributed by atoms with Crippen LogP contribution in [-0.4, -0.2) is 23.0 Å². The van der Waals surface area contributed by atoms with Crippen LogP contribution in [0.1, 0.15) is 25.0 Å². The first-order valence-corrected chi connectivity index (χ1v) is 5.63. The number of aryl methyl sites for hydroxylation is 1. The summed E-state index contributed by atoms with van der Waals surface area (Å²) in [7, 11) is 0. The number of carboxylic acid groups (broad SMARTS) is 1. The minimum atomic E-state index is -1.03. The SMILES string of the molecule is CCc1ccc(CC(=O)N[C@H](C)C(=O)O)cc1. The van der Waals surface area contributed by atoms with E-state index in [0.717, 1.165) is 12.0 Å². The molecule has 1 aromatic rings. The molecule has 17 heavy (non-hydrogen) atoms. The van der Waals surface area contributed by atoms with Gasteiger partial charge in [-0.2, -0.15) is 0 Å². The molecule has 0 bridgehead atoms. The highest BCUT2D eigenvalue weighted by molar-refractivity contribution is 5.84. The second-order valence-corrected chi connectivity index (χ2v) is 3.97. The number of hydrogen-bond donors (Lipinski definition) is 2. The Bertz CT molecular complexity index is 398. The Labute approximate surface area is 101 Å². The zero-order valence-electron chi connectivity index (χ0n) is 10.1. The van der Waals surface area contributed by atoms with Gasteiger partial charge in [-0.3, -0.25) is 9.59 Å². The Morgan fingerprint density at radius 1 is 1.24 bits per heavy atom. The van der Waals surface area contributed by atoms with E-state index >= 15 is 0 Å². The monoisotopic (exact) mass is 235 g/mol. The summed E-state index contributed by atoms with van der Waals surface area (Å²) in [4.78, 5) is 22.1. The lowest BCUT2D eigenvalue weighted by molar-refractivity contribution is -0.141. The van der Waals surface area contributed by atoms with E-state index in [-0.39, 0.29) is 12.3 Å². The number of benzene rings is 1. The average molecular weight is 235 g/mol. The minimum Gasteiger partial charge on any atom is -0.480 e. The summed E-state index contributed by atoms with van der Waals surface area (Å²) in [6.07, 6.45) is 1.17. The highest BCUT2D eigenvalue weighted by Crippen LogP contribution is 2.05. The van der Waals surface area contributed by atoms with E-state index in [1.165, 1.54) is 12.5 Å². The Morgan fingerprint density at radius 3 is 2.24 bits per heavy atom. The van der Waals surface area contributed by atoms with Crippen LogP contribution in [0.3, 0.4) is 0 Å². The van der Waals surface area contributed by atoms with Crippen LogP contribution in [0.2, 0.25) is 0 Å². The van der Waals surface area contributed by atoms with Crippen LogP contribution in [0, 0.1) is 0 Å². The Hall–Kier alpha value is -1.84. The summed E-state index contributed by atoms with van der Waals surface area (Å²) in [5, 5.41) is 11.1. The second kappa shape index (κ2) is 6.03. The predicted octanol–water partition coefficient (Wildman–Crippen LogP) is 1.38. The van der Waals surface area contributed by atoms with Gasteiger partial charge in [0.1, 0.15) is 6.04 Å². The van der Waals surface area contributed by atoms with E-state index in [0.29, 0.717) is 0 Å². The number of carboxylic acids is 1. The van der Waals surface area contributed by atoms with Gasteiger partial charge in [0, 0.05) is 0 Å². The van der Waals surface area contributed by atoms with Crippen molar-refractivity contribution < 1.29 is 14.7 Å². The summed E-state index contributed by atoms with van der Waals surface area (Å²) < 4.78 is 0. The van der Waals surface area contributed by atoms with Gasteiger partial charge in [-0.15, -0.1) is 0 Å². The fourth-order valence-corrected chi connectivity index (χ4v) is 1.43. The quantitative estimate of drug-likeness (QED) is 0.810. The zero-order chi connectivity index (χ0) is 12.8. The average Bonchev–Trinajstić information content (AvgIpc) is 2.29. The van der Waals surface area contributed by atoms with Gasteiger partial charge in [-0.1, -0.05) is 31.2 Å². The molecule has 4 nitrogen and oxygen atoms in total. The van der Waals surface area contributed by atoms with Crippen LogP contribution in [0.15, 0.2) is 24.3 Å². The fraction of sp³-hybridized carbons (Fsp3) is 0.385. The van der Waals surface area contributed by atoms with E-state index in [1.807, 2.05) is 24.3 Å². The molecule has 1 amide bonds. The van der Waals surface area contributed by atoms with Crippen LogP contribution < -0.4 is 5.32 Å². The van der Waals surface area contributed by atoms with Crippen LogP contribution in [-0.2, 0) is 22.4 Å². The van der Waals surface area contributed by atoms with Crippen LogP contribution in [0.5, 0.6) is 0 Å². The van der Waals surface area contributed by atoms with Crippen LogP contribution >= 0.6 is 0 Å². The highest BCUT2D eigenvalue weighted by Gasteiger charge is 2.13. The Kier molecular flexibility index (Phi) is 4.69. The molecule has 0 radical (unpaired) electrons. The molecular formula is C13H17NO3.